The van der Waals surface area contributed by atoms with Crippen LogP contribution in [-0.2, 0) is 14.3 Å². The van der Waals surface area contributed by atoms with Crippen molar-refractivity contribution in [3.05, 3.63) is 71.8 Å². The number of likely N-dealkylation sites (N-methyl/N-ethyl adjacent to an activating group) is 1. The van der Waals surface area contributed by atoms with Gasteiger partial charge in [-0.15, -0.1) is 11.8 Å². The summed E-state index contributed by atoms with van der Waals surface area (Å²) in [4.78, 5) is 29.2. The van der Waals surface area contributed by atoms with E-state index in [0.29, 0.717) is 11.1 Å². The van der Waals surface area contributed by atoms with Crippen LogP contribution in [0.2, 0.25) is 0 Å². The summed E-state index contributed by atoms with van der Waals surface area (Å²) in [5.41, 5.74) is 1.79. The molecule has 0 N–H and O–H groups in total. The maximum Gasteiger partial charge on any atom is 0.336 e. The highest BCUT2D eigenvalue weighted by Gasteiger charge is 2.52. The van der Waals surface area contributed by atoms with Crippen LogP contribution in [0.25, 0.3) is 5.57 Å². The quantitative estimate of drug-likeness (QED) is 0.762. The monoisotopic (exact) mass is 379 g/mol. The fourth-order valence-corrected chi connectivity index (χ4v) is 5.52. The smallest absolute Gasteiger partial charge is 0.336 e. The largest absolute Gasteiger partial charge is 0.466 e. The van der Waals surface area contributed by atoms with Crippen LogP contribution < -0.4 is 0 Å². The number of ether oxygens (including phenoxy) is 1. The van der Waals surface area contributed by atoms with E-state index in [9.17, 15) is 9.59 Å². The van der Waals surface area contributed by atoms with Crippen molar-refractivity contribution in [3.63, 3.8) is 0 Å². The Labute approximate surface area is 163 Å². The molecule has 27 heavy (non-hydrogen) atoms. The lowest BCUT2D eigenvalue weighted by atomic mass is 9.87. The molecule has 0 aliphatic carbocycles. The van der Waals surface area contributed by atoms with Gasteiger partial charge in [-0.05, 0) is 31.2 Å². The van der Waals surface area contributed by atoms with E-state index >= 15 is 0 Å². The van der Waals surface area contributed by atoms with Gasteiger partial charge in [0.1, 0.15) is 0 Å². The van der Waals surface area contributed by atoms with Gasteiger partial charge in [-0.25, -0.2) is 4.79 Å². The van der Waals surface area contributed by atoms with E-state index in [1.54, 1.807) is 11.8 Å². The van der Waals surface area contributed by atoms with E-state index in [2.05, 4.69) is 12.1 Å². The summed E-state index contributed by atoms with van der Waals surface area (Å²) in [5, 5.41) is 0.113. The maximum atomic E-state index is 13.3. The molecule has 4 nitrogen and oxygen atoms in total. The molecule has 2 aliphatic rings. The van der Waals surface area contributed by atoms with Crippen LogP contribution in [0.4, 0.5) is 0 Å². The molecule has 138 valence electrons. The van der Waals surface area contributed by atoms with Crippen LogP contribution in [0.15, 0.2) is 71.1 Å². The summed E-state index contributed by atoms with van der Waals surface area (Å²) >= 11 is 1.73. The molecule has 2 aliphatic heterocycles. The van der Waals surface area contributed by atoms with E-state index < -0.39 is 5.97 Å². The molecule has 5 heteroatoms. The number of ketones is 1. The highest BCUT2D eigenvalue weighted by Crippen LogP contribution is 2.46. The number of hydrogen-bond donors (Lipinski definition) is 0. The molecule has 0 aromatic heterocycles. The first-order valence-corrected chi connectivity index (χ1v) is 9.85. The lowest BCUT2D eigenvalue weighted by Crippen LogP contribution is -2.47. The molecular weight excluding hydrogens is 358 g/mol. The first kappa shape index (κ1) is 18.0. The molecule has 2 bridgehead atoms. The number of benzene rings is 2. The maximum absolute atomic E-state index is 13.3. The second kappa shape index (κ2) is 7.33. The predicted octanol–water partition coefficient (Wildman–Crippen LogP) is 3.43. The van der Waals surface area contributed by atoms with Crippen LogP contribution in [-0.4, -0.2) is 48.1 Å². The van der Waals surface area contributed by atoms with Crippen LogP contribution >= 0.6 is 11.8 Å². The summed E-state index contributed by atoms with van der Waals surface area (Å²) in [6, 6.07) is 19.2. The van der Waals surface area contributed by atoms with Crippen molar-refractivity contribution in [3.8, 4) is 0 Å². The third kappa shape index (κ3) is 3.11. The van der Waals surface area contributed by atoms with Gasteiger partial charge in [0.2, 0.25) is 0 Å². The Bertz CT molecular complexity index is 894. The SMILES string of the molecule is COC(=O)C1=C(c2ccccc2)C(=O)C2CC(Sc3ccccc3)C1N2C. The Kier molecular flexibility index (Phi) is 4.89. The van der Waals surface area contributed by atoms with Crippen LogP contribution in [0.3, 0.4) is 0 Å². The van der Waals surface area contributed by atoms with Crippen LogP contribution in [0.5, 0.6) is 0 Å². The molecule has 0 saturated carbocycles. The molecule has 2 aromatic carbocycles. The highest BCUT2D eigenvalue weighted by atomic mass is 32.2. The molecule has 1 fully saturated rings. The predicted molar refractivity (Wildman–Crippen MR) is 106 cm³/mol. The van der Waals surface area contributed by atoms with Gasteiger partial charge >= 0.3 is 5.97 Å². The molecule has 1 saturated heterocycles. The Balaban J connectivity index is 1.82. The zero-order valence-electron chi connectivity index (χ0n) is 15.3. The second-order valence-electron chi connectivity index (χ2n) is 6.84. The molecule has 2 aromatic rings. The van der Waals surface area contributed by atoms with Gasteiger partial charge in [-0.3, -0.25) is 9.69 Å². The average molecular weight is 379 g/mol. The number of hydrogen-bond acceptors (Lipinski definition) is 5. The first-order valence-electron chi connectivity index (χ1n) is 8.97. The number of carbonyl (C=O) groups excluding carboxylic acids is 2. The van der Waals surface area contributed by atoms with Crippen molar-refractivity contribution < 1.29 is 14.3 Å². The van der Waals surface area contributed by atoms with Crippen molar-refractivity contribution in [2.24, 2.45) is 0 Å². The molecule has 3 unspecified atom stereocenters. The van der Waals surface area contributed by atoms with Crippen molar-refractivity contribution in [2.45, 2.75) is 28.6 Å². The fraction of sp³-hybridized carbons (Fsp3) is 0.273. The number of rotatable bonds is 4. The zero-order valence-corrected chi connectivity index (χ0v) is 16.1. The van der Waals surface area contributed by atoms with Gasteiger partial charge in [-0.2, -0.15) is 0 Å². The minimum Gasteiger partial charge on any atom is -0.466 e. The van der Waals surface area contributed by atoms with Crippen molar-refractivity contribution in [1.29, 1.82) is 0 Å². The number of Topliss-reactive ketones (excluding diaryl/α,β-unsaturated/α-hetero) is 1. The topological polar surface area (TPSA) is 46.6 Å². The highest BCUT2D eigenvalue weighted by molar-refractivity contribution is 8.00. The Morgan fingerprint density at radius 2 is 1.70 bits per heavy atom. The molecule has 0 spiro atoms. The number of esters is 1. The number of fused-ring (bicyclic) bond motifs is 2. The minimum absolute atomic E-state index is 0.0107. The van der Waals surface area contributed by atoms with E-state index in [-0.39, 0.29) is 23.1 Å². The standard InChI is InChI=1S/C22H21NO3S/c1-23-16-13-17(27-15-11-7-4-8-12-15)20(23)19(22(25)26-2)18(21(16)24)14-9-5-3-6-10-14/h3-12,16-17,20H,13H2,1-2H3. The van der Waals surface area contributed by atoms with E-state index in [1.165, 1.54) is 7.11 Å². The van der Waals surface area contributed by atoms with Crippen LogP contribution in [0, 0.1) is 0 Å². The van der Waals surface area contributed by atoms with Gasteiger partial charge in [-0.1, -0.05) is 48.5 Å². The molecule has 3 atom stereocenters. The first-order chi connectivity index (χ1) is 13.1. The lowest BCUT2D eigenvalue weighted by Gasteiger charge is -2.34. The summed E-state index contributed by atoms with van der Waals surface area (Å²) in [6.07, 6.45) is 0.719. The van der Waals surface area contributed by atoms with Crippen LogP contribution in [0.1, 0.15) is 12.0 Å². The van der Waals surface area contributed by atoms with Crippen molar-refractivity contribution in [2.75, 3.05) is 14.2 Å². The molecule has 0 amide bonds. The summed E-state index contributed by atoms with van der Waals surface area (Å²) < 4.78 is 5.10. The summed E-state index contributed by atoms with van der Waals surface area (Å²) in [6.45, 7) is 0. The Hall–Kier alpha value is -2.37. The number of thioether (sulfide) groups is 1. The summed E-state index contributed by atoms with van der Waals surface area (Å²) in [5.74, 6) is -0.408. The van der Waals surface area contributed by atoms with Crippen molar-refractivity contribution in [1.82, 2.24) is 4.90 Å². The van der Waals surface area contributed by atoms with Gasteiger partial charge in [0.05, 0.1) is 24.8 Å². The normalized spacial score (nSPS) is 25.0. The van der Waals surface area contributed by atoms with Crippen molar-refractivity contribution >= 4 is 29.1 Å². The Morgan fingerprint density at radius 1 is 1.07 bits per heavy atom. The van der Waals surface area contributed by atoms with E-state index in [1.807, 2.05) is 60.5 Å². The third-order valence-electron chi connectivity index (χ3n) is 5.35. The molecular formula is C22H21NO3S. The van der Waals surface area contributed by atoms with Gasteiger partial charge < -0.3 is 4.74 Å². The number of carbonyl (C=O) groups is 2. The third-order valence-corrected chi connectivity index (χ3v) is 6.65. The minimum atomic E-state index is -0.418. The number of nitrogens with zero attached hydrogens (tertiary/aromatic N) is 1. The number of methoxy groups -OCH3 is 1. The molecule has 4 rings (SSSR count). The van der Waals surface area contributed by atoms with Gasteiger partial charge in [0.15, 0.2) is 5.78 Å². The molecule has 0 radical (unpaired) electrons. The lowest BCUT2D eigenvalue weighted by molar-refractivity contribution is -0.137. The van der Waals surface area contributed by atoms with E-state index in [4.69, 9.17) is 4.74 Å². The second-order valence-corrected chi connectivity index (χ2v) is 8.15. The Morgan fingerprint density at radius 3 is 2.33 bits per heavy atom. The van der Waals surface area contributed by atoms with Gasteiger partial charge in [0, 0.05) is 15.7 Å². The van der Waals surface area contributed by atoms with E-state index in [0.717, 1.165) is 16.9 Å². The zero-order chi connectivity index (χ0) is 19.0. The average Bonchev–Trinajstić information content (AvgIpc) is 2.94. The fourth-order valence-electron chi connectivity index (χ4n) is 4.12. The van der Waals surface area contributed by atoms with Gasteiger partial charge in [0.25, 0.3) is 0 Å². The summed E-state index contributed by atoms with van der Waals surface area (Å²) in [7, 11) is 3.31. The molecule has 2 heterocycles.